The molecule has 0 fully saturated rings. The molecule has 0 saturated carbocycles. The fourth-order valence-corrected chi connectivity index (χ4v) is 3.98. The van der Waals surface area contributed by atoms with E-state index in [2.05, 4.69) is 10.3 Å². The maximum Gasteiger partial charge on any atom is 0.300 e. The Balaban J connectivity index is 1.63. The Morgan fingerprint density at radius 2 is 1.92 bits per heavy atom. The molecular weight excluding hydrogens is 350 g/mol. The minimum atomic E-state index is -0.833. The first-order valence-electron chi connectivity index (χ1n) is 8.11. The molecule has 0 spiro atoms. The van der Waals surface area contributed by atoms with Gasteiger partial charge in [-0.25, -0.2) is 4.98 Å². The maximum absolute atomic E-state index is 12.7. The van der Waals surface area contributed by atoms with Crippen LogP contribution in [0.3, 0.4) is 0 Å². The summed E-state index contributed by atoms with van der Waals surface area (Å²) >= 11 is 1.36. The molecule has 7 heteroatoms. The summed E-state index contributed by atoms with van der Waals surface area (Å²) in [6.45, 7) is 3.42. The lowest BCUT2D eigenvalue weighted by atomic mass is 10.1. The Morgan fingerprint density at radius 1 is 1.15 bits per heavy atom. The molecule has 4 rings (SSSR count). The summed E-state index contributed by atoms with van der Waals surface area (Å²) in [6.07, 6.45) is 0. The van der Waals surface area contributed by atoms with Crippen molar-refractivity contribution in [2.45, 2.75) is 19.9 Å². The van der Waals surface area contributed by atoms with Crippen LogP contribution >= 0.6 is 11.3 Å². The zero-order valence-electron chi connectivity index (χ0n) is 14.1. The number of aromatic nitrogens is 1. The molecule has 0 saturated heterocycles. The minimum Gasteiger partial charge on any atom is -0.300 e. The quantitative estimate of drug-likeness (QED) is 0.723. The number of carbonyl (C=O) groups excluding carboxylic acids is 3. The number of anilines is 2. The molecule has 0 aliphatic carbocycles. The van der Waals surface area contributed by atoms with Gasteiger partial charge in [-0.3, -0.25) is 19.3 Å². The van der Waals surface area contributed by atoms with E-state index < -0.39 is 17.7 Å². The number of amides is 2. The highest BCUT2D eigenvalue weighted by Gasteiger charge is 2.41. The molecule has 0 bridgehead atoms. The topological polar surface area (TPSA) is 79.4 Å². The van der Waals surface area contributed by atoms with Crippen molar-refractivity contribution >= 4 is 50.0 Å². The van der Waals surface area contributed by atoms with Gasteiger partial charge in [0.25, 0.3) is 11.7 Å². The van der Waals surface area contributed by atoms with Crippen molar-refractivity contribution in [3.05, 3.63) is 53.6 Å². The highest BCUT2D eigenvalue weighted by molar-refractivity contribution is 7.22. The summed E-state index contributed by atoms with van der Waals surface area (Å²) in [5.41, 5.74) is 2.43. The van der Waals surface area contributed by atoms with Crippen molar-refractivity contribution in [3.8, 4) is 0 Å². The number of hydrogen-bond acceptors (Lipinski definition) is 5. The van der Waals surface area contributed by atoms with Crippen LogP contribution in [0.25, 0.3) is 10.2 Å². The largest absolute Gasteiger partial charge is 0.300 e. The van der Waals surface area contributed by atoms with E-state index in [1.807, 2.05) is 37.3 Å². The first kappa shape index (κ1) is 16.4. The summed E-state index contributed by atoms with van der Waals surface area (Å²) in [5, 5.41) is 3.22. The Bertz CT molecular complexity index is 1040. The number of benzene rings is 2. The van der Waals surface area contributed by atoms with E-state index in [1.54, 1.807) is 19.1 Å². The summed E-state index contributed by atoms with van der Waals surface area (Å²) in [6, 6.07) is 11.9. The highest BCUT2D eigenvalue weighted by atomic mass is 32.1. The number of ketones is 1. The number of hydrogen-bond donors (Lipinski definition) is 1. The first-order chi connectivity index (χ1) is 12.5. The number of rotatable bonds is 3. The van der Waals surface area contributed by atoms with E-state index in [0.29, 0.717) is 16.4 Å². The molecule has 2 amide bonds. The SMILES string of the molecule is Cc1cccc2c1N(C(C)C(=O)Nc1nc3ccccc3s1)C(=O)C2=O. The van der Waals surface area contributed by atoms with E-state index in [0.717, 1.165) is 15.8 Å². The average Bonchev–Trinajstić information content (AvgIpc) is 3.14. The van der Waals surface area contributed by atoms with Crippen molar-refractivity contribution in [2.24, 2.45) is 0 Å². The van der Waals surface area contributed by atoms with E-state index >= 15 is 0 Å². The Hall–Kier alpha value is -3.06. The van der Waals surface area contributed by atoms with Gasteiger partial charge in [0.05, 0.1) is 21.5 Å². The molecule has 1 atom stereocenters. The monoisotopic (exact) mass is 365 g/mol. The normalized spacial score (nSPS) is 14.6. The molecule has 1 unspecified atom stereocenters. The predicted molar refractivity (Wildman–Crippen MR) is 101 cm³/mol. The number of aryl methyl sites for hydroxylation is 1. The molecular formula is C19H15N3O3S. The number of carbonyl (C=O) groups is 3. The molecule has 0 radical (unpaired) electrons. The second kappa shape index (κ2) is 6.03. The van der Waals surface area contributed by atoms with Gasteiger partial charge in [0.2, 0.25) is 5.91 Å². The van der Waals surface area contributed by atoms with Crippen LogP contribution < -0.4 is 10.2 Å². The maximum atomic E-state index is 12.7. The highest BCUT2D eigenvalue weighted by Crippen LogP contribution is 2.34. The summed E-state index contributed by atoms with van der Waals surface area (Å²) in [4.78, 5) is 43.0. The summed E-state index contributed by atoms with van der Waals surface area (Å²) in [7, 11) is 0. The minimum absolute atomic E-state index is 0.342. The number of nitrogens with zero attached hydrogens (tertiary/aromatic N) is 2. The third-order valence-corrected chi connectivity index (χ3v) is 5.38. The second-order valence-electron chi connectivity index (χ2n) is 6.13. The van der Waals surface area contributed by atoms with Gasteiger partial charge in [0, 0.05) is 0 Å². The number of thiazole rings is 1. The van der Waals surface area contributed by atoms with Crippen LogP contribution in [0.5, 0.6) is 0 Å². The van der Waals surface area contributed by atoms with Crippen LogP contribution in [0.15, 0.2) is 42.5 Å². The molecule has 2 heterocycles. The third-order valence-electron chi connectivity index (χ3n) is 4.43. The zero-order chi connectivity index (χ0) is 18.4. The van der Waals surface area contributed by atoms with Crippen LogP contribution in [-0.2, 0) is 9.59 Å². The van der Waals surface area contributed by atoms with E-state index in [9.17, 15) is 14.4 Å². The summed E-state index contributed by atoms with van der Waals surface area (Å²) < 4.78 is 0.962. The van der Waals surface area contributed by atoms with Gasteiger partial charge in [-0.05, 0) is 37.6 Å². The number of para-hydroxylation sites is 2. The lowest BCUT2D eigenvalue weighted by Crippen LogP contribution is -2.45. The van der Waals surface area contributed by atoms with Crippen LogP contribution in [0, 0.1) is 6.92 Å². The molecule has 130 valence electrons. The molecule has 1 aromatic heterocycles. The van der Waals surface area contributed by atoms with E-state index in [-0.39, 0.29) is 5.91 Å². The van der Waals surface area contributed by atoms with Crippen molar-refractivity contribution in [1.82, 2.24) is 4.98 Å². The van der Waals surface area contributed by atoms with Crippen LogP contribution in [-0.4, -0.2) is 28.6 Å². The Morgan fingerprint density at radius 3 is 2.69 bits per heavy atom. The number of fused-ring (bicyclic) bond motifs is 2. The second-order valence-corrected chi connectivity index (χ2v) is 7.16. The van der Waals surface area contributed by atoms with Gasteiger partial charge in [0.15, 0.2) is 5.13 Å². The molecule has 2 aromatic carbocycles. The summed E-state index contributed by atoms with van der Waals surface area (Å²) in [5.74, 6) is -1.65. The van der Waals surface area contributed by atoms with Crippen LogP contribution in [0.2, 0.25) is 0 Å². The van der Waals surface area contributed by atoms with Gasteiger partial charge in [-0.1, -0.05) is 35.6 Å². The number of Topliss-reactive ketones (excluding diaryl/α,β-unsaturated/α-hetero) is 1. The fourth-order valence-electron chi connectivity index (χ4n) is 3.11. The number of nitrogens with one attached hydrogen (secondary N) is 1. The van der Waals surface area contributed by atoms with Crippen molar-refractivity contribution in [3.63, 3.8) is 0 Å². The van der Waals surface area contributed by atoms with Crippen LogP contribution in [0.1, 0.15) is 22.8 Å². The molecule has 1 aliphatic rings. The van der Waals surface area contributed by atoms with Gasteiger partial charge >= 0.3 is 0 Å². The fraction of sp³-hybridized carbons (Fsp3) is 0.158. The lowest BCUT2D eigenvalue weighted by Gasteiger charge is -2.24. The van der Waals surface area contributed by atoms with Crippen molar-refractivity contribution in [2.75, 3.05) is 10.2 Å². The van der Waals surface area contributed by atoms with Crippen molar-refractivity contribution < 1.29 is 14.4 Å². The van der Waals surface area contributed by atoms with E-state index in [1.165, 1.54) is 16.2 Å². The first-order valence-corrected chi connectivity index (χ1v) is 8.93. The molecule has 26 heavy (non-hydrogen) atoms. The van der Waals surface area contributed by atoms with Gasteiger partial charge in [-0.2, -0.15) is 0 Å². The molecule has 6 nitrogen and oxygen atoms in total. The van der Waals surface area contributed by atoms with Crippen molar-refractivity contribution in [1.29, 1.82) is 0 Å². The molecule has 1 N–H and O–H groups in total. The van der Waals surface area contributed by atoms with E-state index in [4.69, 9.17) is 0 Å². The van der Waals surface area contributed by atoms with Gasteiger partial charge < -0.3 is 5.32 Å². The van der Waals surface area contributed by atoms with Gasteiger partial charge in [-0.15, -0.1) is 0 Å². The zero-order valence-corrected chi connectivity index (χ0v) is 15.0. The lowest BCUT2D eigenvalue weighted by molar-refractivity contribution is -0.120. The van der Waals surface area contributed by atoms with Gasteiger partial charge in [0.1, 0.15) is 6.04 Å². The standard InChI is InChI=1S/C19H15N3O3S/c1-10-6-5-7-12-15(10)22(18(25)16(12)23)11(2)17(24)21-19-20-13-8-3-4-9-14(13)26-19/h3-9,11H,1-2H3,(H,20,21,24). The Labute approximate surface area is 153 Å². The van der Waals surface area contributed by atoms with Crippen LogP contribution in [0.4, 0.5) is 10.8 Å². The Kier molecular flexibility index (Phi) is 3.81. The average molecular weight is 365 g/mol. The molecule has 3 aromatic rings. The smallest absolute Gasteiger partial charge is 0.300 e. The predicted octanol–water partition coefficient (Wildman–Crippen LogP) is 3.16. The molecule has 1 aliphatic heterocycles. The third kappa shape index (κ3) is 2.48.